The zero-order chi connectivity index (χ0) is 6.97. The number of nitrogens with zero attached hydrogens (tertiary/aromatic N) is 1. The van der Waals surface area contributed by atoms with Crippen molar-refractivity contribution in [3.05, 3.63) is 0 Å². The van der Waals surface area contributed by atoms with Crippen LogP contribution in [0.1, 0.15) is 12.8 Å². The minimum absolute atomic E-state index is 0.818. The molecule has 0 aromatic rings. The predicted octanol–water partition coefficient (Wildman–Crippen LogP) is 0.300. The highest BCUT2D eigenvalue weighted by molar-refractivity contribution is 4.90. The molecule has 2 rings (SSSR count). The van der Waals surface area contributed by atoms with E-state index in [1.165, 1.54) is 32.5 Å². The van der Waals surface area contributed by atoms with Crippen LogP contribution in [-0.4, -0.2) is 37.6 Å². The summed E-state index contributed by atoms with van der Waals surface area (Å²) >= 11 is 0. The van der Waals surface area contributed by atoms with E-state index in [2.05, 4.69) is 17.3 Å². The average Bonchev–Trinajstić information content (AvgIpc) is 2.68. The average molecular weight is 140 g/mol. The fraction of sp³-hybridized carbons (Fsp3) is 1.00. The third-order valence-electron chi connectivity index (χ3n) is 2.60. The molecule has 0 aromatic heterocycles. The Kier molecular flexibility index (Phi) is 1.66. The van der Waals surface area contributed by atoms with E-state index in [0.29, 0.717) is 0 Å². The Morgan fingerprint density at radius 2 is 2.20 bits per heavy atom. The van der Waals surface area contributed by atoms with Gasteiger partial charge in [-0.1, -0.05) is 0 Å². The zero-order valence-electron chi connectivity index (χ0n) is 6.64. The van der Waals surface area contributed by atoms with Crippen molar-refractivity contribution in [1.82, 2.24) is 10.2 Å². The molecule has 58 valence electrons. The number of rotatable bonds is 1. The first-order valence-electron chi connectivity index (χ1n) is 4.28. The molecule has 1 N–H and O–H groups in total. The smallest absolute Gasteiger partial charge is 0.0223 e. The topological polar surface area (TPSA) is 15.3 Å². The van der Waals surface area contributed by atoms with Gasteiger partial charge in [0.1, 0.15) is 0 Å². The molecule has 1 unspecified atom stereocenters. The number of hydrogen-bond acceptors (Lipinski definition) is 2. The van der Waals surface area contributed by atoms with Gasteiger partial charge in [-0.2, -0.15) is 0 Å². The van der Waals surface area contributed by atoms with E-state index in [0.717, 1.165) is 12.0 Å². The molecule has 0 amide bonds. The van der Waals surface area contributed by atoms with E-state index in [1.807, 2.05) is 0 Å². The molecule has 1 saturated heterocycles. The summed E-state index contributed by atoms with van der Waals surface area (Å²) in [5.41, 5.74) is 0. The molecule has 1 aliphatic heterocycles. The molecule has 2 heteroatoms. The summed E-state index contributed by atoms with van der Waals surface area (Å²) in [7, 11) is 2.22. The third-order valence-corrected chi connectivity index (χ3v) is 2.60. The largest absolute Gasteiger partial charge is 0.311 e. The van der Waals surface area contributed by atoms with Crippen molar-refractivity contribution in [2.75, 3.05) is 26.7 Å². The second kappa shape index (κ2) is 2.51. The van der Waals surface area contributed by atoms with Gasteiger partial charge < -0.3 is 10.2 Å². The fourth-order valence-corrected chi connectivity index (χ4v) is 1.75. The molecule has 1 saturated carbocycles. The van der Waals surface area contributed by atoms with Crippen molar-refractivity contribution in [3.8, 4) is 0 Å². The molecule has 10 heavy (non-hydrogen) atoms. The van der Waals surface area contributed by atoms with Crippen LogP contribution in [0.3, 0.4) is 0 Å². The zero-order valence-corrected chi connectivity index (χ0v) is 6.64. The van der Waals surface area contributed by atoms with Gasteiger partial charge in [-0.05, 0) is 25.8 Å². The van der Waals surface area contributed by atoms with Crippen molar-refractivity contribution in [2.45, 2.75) is 18.9 Å². The Bertz CT molecular complexity index is 120. The lowest BCUT2D eigenvalue weighted by Gasteiger charge is -2.30. The summed E-state index contributed by atoms with van der Waals surface area (Å²) in [5, 5.41) is 3.57. The number of likely N-dealkylation sites (N-methyl/N-ethyl adjacent to an activating group) is 1. The Balaban J connectivity index is 1.84. The second-order valence-electron chi connectivity index (χ2n) is 3.66. The SMILES string of the molecule is CN1CCNC(C2CC2)C1. The summed E-state index contributed by atoms with van der Waals surface area (Å²) in [6.07, 6.45) is 2.93. The quantitative estimate of drug-likeness (QED) is 0.563. The van der Waals surface area contributed by atoms with Crippen LogP contribution in [0.25, 0.3) is 0 Å². The molecular weight excluding hydrogens is 124 g/mol. The van der Waals surface area contributed by atoms with Gasteiger partial charge in [-0.3, -0.25) is 0 Å². The monoisotopic (exact) mass is 140 g/mol. The standard InChI is InChI=1S/C8H16N2/c1-10-5-4-9-8(6-10)7-2-3-7/h7-9H,2-6H2,1H3. The van der Waals surface area contributed by atoms with Crippen LogP contribution in [-0.2, 0) is 0 Å². The lowest BCUT2D eigenvalue weighted by atomic mass is 10.1. The molecule has 0 radical (unpaired) electrons. The molecule has 0 bridgehead atoms. The van der Waals surface area contributed by atoms with Gasteiger partial charge in [0.15, 0.2) is 0 Å². The normalized spacial score (nSPS) is 36.3. The first-order chi connectivity index (χ1) is 4.86. The minimum Gasteiger partial charge on any atom is -0.311 e. The van der Waals surface area contributed by atoms with Crippen molar-refractivity contribution in [3.63, 3.8) is 0 Å². The van der Waals surface area contributed by atoms with Crippen molar-refractivity contribution < 1.29 is 0 Å². The highest BCUT2D eigenvalue weighted by Gasteiger charge is 2.32. The summed E-state index contributed by atoms with van der Waals surface area (Å²) in [5.74, 6) is 1.02. The third kappa shape index (κ3) is 1.32. The molecule has 0 spiro atoms. The lowest BCUT2D eigenvalue weighted by molar-refractivity contribution is 0.224. The minimum atomic E-state index is 0.818. The molecule has 2 fully saturated rings. The molecule has 2 nitrogen and oxygen atoms in total. The van der Waals surface area contributed by atoms with Crippen LogP contribution in [0.5, 0.6) is 0 Å². The van der Waals surface area contributed by atoms with Crippen molar-refractivity contribution in [1.29, 1.82) is 0 Å². The molecule has 1 heterocycles. The molecule has 1 atom stereocenters. The van der Waals surface area contributed by atoms with E-state index in [4.69, 9.17) is 0 Å². The van der Waals surface area contributed by atoms with Gasteiger partial charge in [0.25, 0.3) is 0 Å². The van der Waals surface area contributed by atoms with E-state index in [-0.39, 0.29) is 0 Å². The Hall–Kier alpha value is -0.0800. The van der Waals surface area contributed by atoms with Crippen LogP contribution in [0.4, 0.5) is 0 Å². The summed E-state index contributed by atoms with van der Waals surface area (Å²) < 4.78 is 0. The Morgan fingerprint density at radius 3 is 2.80 bits per heavy atom. The molecule has 1 aliphatic carbocycles. The van der Waals surface area contributed by atoms with Crippen LogP contribution >= 0.6 is 0 Å². The van der Waals surface area contributed by atoms with E-state index < -0.39 is 0 Å². The highest BCUT2D eigenvalue weighted by atomic mass is 15.2. The van der Waals surface area contributed by atoms with Gasteiger partial charge >= 0.3 is 0 Å². The van der Waals surface area contributed by atoms with Gasteiger partial charge in [0.05, 0.1) is 0 Å². The molecule has 2 aliphatic rings. The lowest BCUT2D eigenvalue weighted by Crippen LogP contribution is -2.49. The Morgan fingerprint density at radius 1 is 1.40 bits per heavy atom. The first-order valence-corrected chi connectivity index (χ1v) is 4.28. The number of nitrogens with one attached hydrogen (secondary N) is 1. The van der Waals surface area contributed by atoms with Gasteiger partial charge in [0, 0.05) is 25.7 Å². The van der Waals surface area contributed by atoms with Crippen LogP contribution in [0.2, 0.25) is 0 Å². The summed E-state index contributed by atoms with van der Waals surface area (Å²) in [4.78, 5) is 2.43. The maximum atomic E-state index is 3.57. The maximum Gasteiger partial charge on any atom is 0.0223 e. The summed E-state index contributed by atoms with van der Waals surface area (Å²) in [6, 6.07) is 0.818. The van der Waals surface area contributed by atoms with E-state index in [1.54, 1.807) is 0 Å². The van der Waals surface area contributed by atoms with Crippen LogP contribution in [0, 0.1) is 5.92 Å². The summed E-state index contributed by atoms with van der Waals surface area (Å²) in [6.45, 7) is 3.69. The van der Waals surface area contributed by atoms with Gasteiger partial charge in [-0.15, -0.1) is 0 Å². The van der Waals surface area contributed by atoms with Crippen LogP contribution in [0.15, 0.2) is 0 Å². The van der Waals surface area contributed by atoms with E-state index >= 15 is 0 Å². The van der Waals surface area contributed by atoms with Gasteiger partial charge in [0.2, 0.25) is 0 Å². The second-order valence-corrected chi connectivity index (χ2v) is 3.66. The van der Waals surface area contributed by atoms with Crippen molar-refractivity contribution >= 4 is 0 Å². The maximum absolute atomic E-state index is 3.57. The Labute approximate surface area is 62.6 Å². The number of piperazine rings is 1. The highest BCUT2D eigenvalue weighted by Crippen LogP contribution is 2.33. The van der Waals surface area contributed by atoms with E-state index in [9.17, 15) is 0 Å². The van der Waals surface area contributed by atoms with Gasteiger partial charge in [-0.25, -0.2) is 0 Å². The first kappa shape index (κ1) is 6.62. The number of hydrogen-bond donors (Lipinski definition) is 1. The van der Waals surface area contributed by atoms with Crippen LogP contribution < -0.4 is 5.32 Å². The molecular formula is C8H16N2. The predicted molar refractivity (Wildman–Crippen MR) is 42.0 cm³/mol. The molecule has 0 aromatic carbocycles. The fourth-order valence-electron chi connectivity index (χ4n) is 1.75. The van der Waals surface area contributed by atoms with Crippen molar-refractivity contribution in [2.24, 2.45) is 5.92 Å².